The van der Waals surface area contributed by atoms with Gasteiger partial charge in [0.05, 0.1) is 5.25 Å². The predicted molar refractivity (Wildman–Crippen MR) is 36.1 cm³/mol. The van der Waals surface area contributed by atoms with Gasteiger partial charge in [0.1, 0.15) is 6.61 Å². The van der Waals surface area contributed by atoms with Gasteiger partial charge in [-0.3, -0.25) is 0 Å². The van der Waals surface area contributed by atoms with Crippen molar-refractivity contribution in [1.82, 2.24) is 0 Å². The minimum Gasteiger partial charge on any atom is -0.389 e. The first-order valence-corrected chi connectivity index (χ1v) is 4.52. The summed E-state index contributed by atoms with van der Waals surface area (Å²) in [6, 6.07) is 0. The summed E-state index contributed by atoms with van der Waals surface area (Å²) in [6.45, 7) is 0.616. The zero-order valence-electron chi connectivity index (χ0n) is 6.21. The molecule has 0 bridgehead atoms. The molecular formula is C5H10F2O3S. The van der Waals surface area contributed by atoms with Crippen LogP contribution >= 0.6 is 0 Å². The fraction of sp³-hybridized carbons (Fsp3) is 1.00. The monoisotopic (exact) mass is 188 g/mol. The number of aliphatic hydroxyl groups excluding tert-OH is 1. The van der Waals surface area contributed by atoms with Crippen molar-refractivity contribution < 1.29 is 22.3 Å². The molecule has 0 amide bonds. The Morgan fingerprint density at radius 3 is 1.91 bits per heavy atom. The van der Waals surface area contributed by atoms with Crippen molar-refractivity contribution in [2.75, 3.05) is 6.61 Å². The van der Waals surface area contributed by atoms with Crippen LogP contribution in [0.1, 0.15) is 13.8 Å². The third kappa shape index (κ3) is 1.87. The van der Waals surface area contributed by atoms with Crippen molar-refractivity contribution >= 4 is 9.84 Å². The molecule has 0 aromatic heterocycles. The van der Waals surface area contributed by atoms with Crippen LogP contribution < -0.4 is 0 Å². The fourth-order valence-electron chi connectivity index (χ4n) is 0.435. The molecule has 0 aromatic carbocycles. The number of alkyl halides is 2. The van der Waals surface area contributed by atoms with Gasteiger partial charge in [-0.15, -0.1) is 0 Å². The summed E-state index contributed by atoms with van der Waals surface area (Å²) in [5, 5.41) is 2.86. The van der Waals surface area contributed by atoms with Crippen molar-refractivity contribution in [3.05, 3.63) is 0 Å². The van der Waals surface area contributed by atoms with Gasteiger partial charge in [0.25, 0.3) is 0 Å². The highest BCUT2D eigenvalue weighted by Gasteiger charge is 2.45. The fourth-order valence-corrected chi connectivity index (χ4v) is 1.30. The average molecular weight is 188 g/mol. The molecule has 11 heavy (non-hydrogen) atoms. The Morgan fingerprint density at radius 2 is 1.82 bits per heavy atom. The van der Waals surface area contributed by atoms with Gasteiger partial charge in [0.2, 0.25) is 9.84 Å². The molecular weight excluding hydrogens is 178 g/mol. The molecule has 3 nitrogen and oxygen atoms in total. The van der Waals surface area contributed by atoms with E-state index in [0.717, 1.165) is 13.8 Å². The Labute approximate surface area is 63.9 Å². The zero-order valence-corrected chi connectivity index (χ0v) is 7.03. The van der Waals surface area contributed by atoms with Crippen LogP contribution in [-0.4, -0.2) is 30.6 Å². The number of rotatable bonds is 3. The van der Waals surface area contributed by atoms with Crippen molar-refractivity contribution in [1.29, 1.82) is 0 Å². The summed E-state index contributed by atoms with van der Waals surface area (Å²) >= 11 is 0. The molecule has 0 aliphatic heterocycles. The van der Waals surface area contributed by atoms with Crippen molar-refractivity contribution in [3.8, 4) is 0 Å². The molecule has 0 aliphatic carbocycles. The SMILES string of the molecule is CC(C)S(=O)(=O)C(F)(F)CO. The van der Waals surface area contributed by atoms with E-state index in [-0.39, 0.29) is 0 Å². The van der Waals surface area contributed by atoms with Crippen LogP contribution in [0.15, 0.2) is 0 Å². The van der Waals surface area contributed by atoms with E-state index in [2.05, 4.69) is 0 Å². The van der Waals surface area contributed by atoms with Gasteiger partial charge in [-0.2, -0.15) is 8.78 Å². The normalized spacial score (nSPS) is 14.0. The molecule has 0 aromatic rings. The van der Waals surface area contributed by atoms with E-state index in [9.17, 15) is 17.2 Å². The van der Waals surface area contributed by atoms with Gasteiger partial charge in [-0.05, 0) is 13.8 Å². The molecule has 6 heteroatoms. The lowest BCUT2D eigenvalue weighted by Crippen LogP contribution is -2.37. The molecule has 1 N–H and O–H groups in total. The Bertz CT molecular complexity index is 220. The minimum atomic E-state index is -4.51. The molecule has 0 atom stereocenters. The Hall–Kier alpha value is -0.230. The molecule has 0 fully saturated rings. The predicted octanol–water partition coefficient (Wildman–Crippen LogP) is 0.395. The van der Waals surface area contributed by atoms with Gasteiger partial charge in [0, 0.05) is 0 Å². The Morgan fingerprint density at radius 1 is 1.45 bits per heavy atom. The van der Waals surface area contributed by atoms with Crippen LogP contribution in [0.2, 0.25) is 0 Å². The van der Waals surface area contributed by atoms with Gasteiger partial charge in [0.15, 0.2) is 0 Å². The lowest BCUT2D eigenvalue weighted by Gasteiger charge is -2.16. The summed E-state index contributed by atoms with van der Waals surface area (Å²) in [5.41, 5.74) is 0. The first-order valence-electron chi connectivity index (χ1n) is 2.98. The molecule has 0 heterocycles. The molecule has 68 valence electrons. The van der Waals surface area contributed by atoms with Crippen LogP contribution in [0.3, 0.4) is 0 Å². The molecule has 0 unspecified atom stereocenters. The Kier molecular flexibility index (Phi) is 2.96. The molecule has 0 saturated carbocycles. The van der Waals surface area contributed by atoms with E-state index in [0.29, 0.717) is 0 Å². The lowest BCUT2D eigenvalue weighted by atomic mass is 10.6. The van der Waals surface area contributed by atoms with E-state index in [1.165, 1.54) is 0 Å². The van der Waals surface area contributed by atoms with Crippen molar-refractivity contribution in [2.45, 2.75) is 24.4 Å². The summed E-state index contributed by atoms with van der Waals surface area (Å²) in [7, 11) is -4.51. The number of sulfone groups is 1. The number of halogens is 2. The van der Waals surface area contributed by atoms with E-state index in [1.54, 1.807) is 0 Å². The van der Waals surface area contributed by atoms with Crippen LogP contribution in [0, 0.1) is 0 Å². The maximum Gasteiger partial charge on any atom is 0.368 e. The largest absolute Gasteiger partial charge is 0.389 e. The maximum atomic E-state index is 12.3. The quantitative estimate of drug-likeness (QED) is 0.697. The second kappa shape index (κ2) is 3.02. The third-order valence-corrected chi connectivity index (χ3v) is 3.42. The maximum absolute atomic E-state index is 12.3. The van der Waals surface area contributed by atoms with E-state index in [4.69, 9.17) is 5.11 Å². The minimum absolute atomic E-state index is 1.14. The highest BCUT2D eigenvalue weighted by atomic mass is 32.2. The molecule has 0 spiro atoms. The van der Waals surface area contributed by atoms with Gasteiger partial charge in [-0.25, -0.2) is 8.42 Å². The number of aliphatic hydroxyl groups is 1. The van der Waals surface area contributed by atoms with Crippen LogP contribution in [-0.2, 0) is 9.84 Å². The van der Waals surface area contributed by atoms with Crippen LogP contribution in [0.4, 0.5) is 8.78 Å². The first kappa shape index (κ1) is 10.8. The molecule has 0 aliphatic rings. The summed E-state index contributed by atoms with van der Waals surface area (Å²) in [4.78, 5) is 0. The van der Waals surface area contributed by atoms with Gasteiger partial charge in [-0.1, -0.05) is 0 Å². The third-order valence-electron chi connectivity index (χ3n) is 1.22. The highest BCUT2D eigenvalue weighted by molar-refractivity contribution is 7.93. The van der Waals surface area contributed by atoms with E-state index in [1.807, 2.05) is 0 Å². The van der Waals surface area contributed by atoms with Crippen molar-refractivity contribution in [2.24, 2.45) is 0 Å². The van der Waals surface area contributed by atoms with Crippen LogP contribution in [0.25, 0.3) is 0 Å². The van der Waals surface area contributed by atoms with Crippen LogP contribution in [0.5, 0.6) is 0 Å². The Balaban J connectivity index is 4.85. The number of hydrogen-bond acceptors (Lipinski definition) is 3. The summed E-state index contributed by atoms with van der Waals surface area (Å²) in [5.74, 6) is 0. The average Bonchev–Trinajstić information content (AvgIpc) is 1.87. The topological polar surface area (TPSA) is 54.4 Å². The summed E-state index contributed by atoms with van der Waals surface area (Å²) < 4.78 is 46.0. The molecule has 0 rings (SSSR count). The highest BCUT2D eigenvalue weighted by Crippen LogP contribution is 2.24. The first-order chi connectivity index (χ1) is 4.75. The smallest absolute Gasteiger partial charge is 0.368 e. The van der Waals surface area contributed by atoms with E-state index < -0.39 is 26.9 Å². The van der Waals surface area contributed by atoms with Crippen molar-refractivity contribution in [3.63, 3.8) is 0 Å². The van der Waals surface area contributed by atoms with Gasteiger partial charge < -0.3 is 5.11 Å². The van der Waals surface area contributed by atoms with E-state index >= 15 is 0 Å². The second-order valence-corrected chi connectivity index (χ2v) is 5.02. The standard InChI is InChI=1S/C5H10F2O3S/c1-4(2)11(9,10)5(6,7)3-8/h4,8H,3H2,1-2H3. The lowest BCUT2D eigenvalue weighted by molar-refractivity contribution is 0.0256. The summed E-state index contributed by atoms with van der Waals surface area (Å²) in [6.07, 6.45) is 0. The zero-order chi connectivity index (χ0) is 9.28. The number of hydrogen-bond donors (Lipinski definition) is 1. The second-order valence-electron chi connectivity index (χ2n) is 2.39. The molecule has 0 saturated heterocycles. The molecule has 0 radical (unpaired) electrons. The van der Waals surface area contributed by atoms with Gasteiger partial charge >= 0.3 is 5.25 Å².